The molecular weight excluding hydrogens is 224 g/mol. The molecule has 18 heavy (non-hydrogen) atoms. The van der Waals surface area contributed by atoms with Crippen molar-refractivity contribution < 1.29 is 9.84 Å². The fourth-order valence-electron chi connectivity index (χ4n) is 2.98. The van der Waals surface area contributed by atoms with Gasteiger partial charge in [0.15, 0.2) is 0 Å². The van der Waals surface area contributed by atoms with Gasteiger partial charge in [-0.15, -0.1) is 0 Å². The summed E-state index contributed by atoms with van der Waals surface area (Å²) in [6.07, 6.45) is 7.19. The second-order valence-corrected chi connectivity index (χ2v) is 5.48. The average molecular weight is 248 g/mol. The monoisotopic (exact) mass is 248 g/mol. The van der Waals surface area contributed by atoms with Crippen molar-refractivity contribution in [2.45, 2.75) is 51.6 Å². The average Bonchev–Trinajstić information content (AvgIpc) is 2.39. The minimum Gasteiger partial charge on any atom is -0.496 e. The summed E-state index contributed by atoms with van der Waals surface area (Å²) in [5.74, 6) is 1.60. The number of benzene rings is 1. The molecule has 0 aromatic heterocycles. The smallest absolute Gasteiger partial charge is 0.121 e. The van der Waals surface area contributed by atoms with E-state index in [0.29, 0.717) is 5.92 Å². The predicted octanol–water partition coefficient (Wildman–Crippen LogP) is 4.01. The van der Waals surface area contributed by atoms with Gasteiger partial charge in [0, 0.05) is 0 Å². The molecule has 2 heteroatoms. The highest BCUT2D eigenvalue weighted by Crippen LogP contribution is 2.32. The first-order valence-electron chi connectivity index (χ1n) is 7.03. The Balaban J connectivity index is 1.99. The lowest BCUT2D eigenvalue weighted by Gasteiger charge is -2.24. The minimum atomic E-state index is -0.322. The summed E-state index contributed by atoms with van der Waals surface area (Å²) in [4.78, 5) is 0. The van der Waals surface area contributed by atoms with Crippen LogP contribution in [0.3, 0.4) is 0 Å². The van der Waals surface area contributed by atoms with Gasteiger partial charge in [0.05, 0.1) is 13.2 Å². The molecule has 0 spiro atoms. The van der Waals surface area contributed by atoms with Crippen molar-refractivity contribution in [1.29, 1.82) is 0 Å². The van der Waals surface area contributed by atoms with E-state index in [0.717, 1.165) is 23.3 Å². The molecule has 1 aromatic rings. The quantitative estimate of drug-likeness (QED) is 0.872. The molecule has 1 unspecified atom stereocenters. The lowest BCUT2D eigenvalue weighted by molar-refractivity contribution is 0.131. The van der Waals surface area contributed by atoms with Crippen LogP contribution in [-0.4, -0.2) is 12.2 Å². The third-order valence-corrected chi connectivity index (χ3v) is 4.09. The number of ether oxygens (including phenoxy) is 1. The van der Waals surface area contributed by atoms with E-state index in [1.807, 2.05) is 25.1 Å². The maximum absolute atomic E-state index is 10.3. The Kier molecular flexibility index (Phi) is 4.65. The molecule has 1 aromatic carbocycles. The van der Waals surface area contributed by atoms with Gasteiger partial charge in [0.2, 0.25) is 0 Å². The van der Waals surface area contributed by atoms with Crippen molar-refractivity contribution in [1.82, 2.24) is 0 Å². The van der Waals surface area contributed by atoms with Crippen LogP contribution in [0.25, 0.3) is 0 Å². The summed E-state index contributed by atoms with van der Waals surface area (Å²) in [7, 11) is 1.68. The number of methoxy groups -OCH3 is 1. The van der Waals surface area contributed by atoms with Crippen molar-refractivity contribution >= 4 is 0 Å². The Bertz CT molecular complexity index is 381. The van der Waals surface area contributed by atoms with Gasteiger partial charge in [-0.2, -0.15) is 0 Å². The van der Waals surface area contributed by atoms with Crippen LogP contribution in [-0.2, 0) is 0 Å². The molecule has 100 valence electrons. The van der Waals surface area contributed by atoms with E-state index >= 15 is 0 Å². The molecule has 0 radical (unpaired) electrons. The van der Waals surface area contributed by atoms with Gasteiger partial charge in [-0.1, -0.05) is 38.2 Å². The predicted molar refractivity (Wildman–Crippen MR) is 73.9 cm³/mol. The van der Waals surface area contributed by atoms with Crippen LogP contribution < -0.4 is 4.74 Å². The first-order valence-corrected chi connectivity index (χ1v) is 7.03. The van der Waals surface area contributed by atoms with Gasteiger partial charge in [-0.25, -0.2) is 0 Å². The molecule has 1 fully saturated rings. The minimum absolute atomic E-state index is 0.322. The van der Waals surface area contributed by atoms with Crippen LogP contribution in [0.2, 0.25) is 0 Å². The highest BCUT2D eigenvalue weighted by molar-refractivity contribution is 5.36. The van der Waals surface area contributed by atoms with E-state index in [9.17, 15) is 5.11 Å². The Morgan fingerprint density at radius 2 is 2.00 bits per heavy atom. The summed E-state index contributed by atoms with van der Waals surface area (Å²) in [5.41, 5.74) is 2.12. The molecular formula is C16H24O2. The van der Waals surface area contributed by atoms with Crippen molar-refractivity contribution in [2.75, 3.05) is 7.11 Å². The second-order valence-electron chi connectivity index (χ2n) is 5.48. The molecule has 0 heterocycles. The topological polar surface area (TPSA) is 29.5 Å². The normalized spacial score (nSPS) is 18.6. The number of aryl methyl sites for hydroxylation is 1. The first-order chi connectivity index (χ1) is 8.70. The highest BCUT2D eigenvalue weighted by Gasteiger charge is 2.18. The standard InChI is InChI=1S/C16H24O2/c1-12-10-14(8-9-16(12)18-2)15(17)11-13-6-4-3-5-7-13/h8-10,13,15,17H,3-7,11H2,1-2H3. The third kappa shape index (κ3) is 3.26. The van der Waals surface area contributed by atoms with Gasteiger partial charge in [0.1, 0.15) is 5.75 Å². The molecule has 1 N–H and O–H groups in total. The van der Waals surface area contributed by atoms with Gasteiger partial charge in [-0.3, -0.25) is 0 Å². The Morgan fingerprint density at radius 1 is 1.28 bits per heavy atom. The second kappa shape index (κ2) is 6.24. The first kappa shape index (κ1) is 13.4. The van der Waals surface area contributed by atoms with Crippen LogP contribution in [0.5, 0.6) is 5.75 Å². The highest BCUT2D eigenvalue weighted by atomic mass is 16.5. The lowest BCUT2D eigenvalue weighted by atomic mass is 9.84. The Labute approximate surface area is 110 Å². The molecule has 0 bridgehead atoms. The van der Waals surface area contributed by atoms with Crippen LogP contribution in [0.1, 0.15) is 55.8 Å². The molecule has 0 saturated heterocycles. The molecule has 1 atom stereocenters. The van der Waals surface area contributed by atoms with Crippen molar-refractivity contribution in [3.63, 3.8) is 0 Å². The third-order valence-electron chi connectivity index (χ3n) is 4.09. The van der Waals surface area contributed by atoms with Crippen molar-refractivity contribution in [3.8, 4) is 5.75 Å². The molecule has 2 rings (SSSR count). The van der Waals surface area contributed by atoms with Crippen LogP contribution in [0.15, 0.2) is 18.2 Å². The fraction of sp³-hybridized carbons (Fsp3) is 0.625. The molecule has 2 nitrogen and oxygen atoms in total. The van der Waals surface area contributed by atoms with E-state index in [1.54, 1.807) is 7.11 Å². The number of hydrogen-bond acceptors (Lipinski definition) is 2. The summed E-state index contributed by atoms with van der Waals surface area (Å²) >= 11 is 0. The molecule has 1 saturated carbocycles. The van der Waals surface area contributed by atoms with Gasteiger partial charge >= 0.3 is 0 Å². The Morgan fingerprint density at radius 3 is 2.61 bits per heavy atom. The van der Waals surface area contributed by atoms with Crippen molar-refractivity contribution in [2.24, 2.45) is 5.92 Å². The zero-order valence-electron chi connectivity index (χ0n) is 11.5. The molecule has 0 amide bonds. The van der Waals surface area contributed by atoms with Gasteiger partial charge in [0.25, 0.3) is 0 Å². The van der Waals surface area contributed by atoms with E-state index in [2.05, 4.69) is 0 Å². The van der Waals surface area contributed by atoms with E-state index in [1.165, 1.54) is 32.1 Å². The molecule has 1 aliphatic rings. The fourth-order valence-corrected chi connectivity index (χ4v) is 2.98. The largest absolute Gasteiger partial charge is 0.496 e. The zero-order valence-corrected chi connectivity index (χ0v) is 11.5. The summed E-state index contributed by atoms with van der Waals surface area (Å²) in [5, 5.41) is 10.3. The van der Waals surface area contributed by atoms with E-state index < -0.39 is 0 Å². The van der Waals surface area contributed by atoms with Gasteiger partial charge in [-0.05, 0) is 42.5 Å². The number of rotatable bonds is 4. The number of hydrogen-bond donors (Lipinski definition) is 1. The number of aliphatic hydroxyl groups excluding tert-OH is 1. The lowest BCUT2D eigenvalue weighted by Crippen LogP contribution is -2.11. The van der Waals surface area contributed by atoms with E-state index in [4.69, 9.17) is 4.74 Å². The number of aliphatic hydroxyl groups is 1. The SMILES string of the molecule is COc1ccc(C(O)CC2CCCCC2)cc1C. The summed E-state index contributed by atoms with van der Waals surface area (Å²) < 4.78 is 5.25. The van der Waals surface area contributed by atoms with Crippen molar-refractivity contribution in [3.05, 3.63) is 29.3 Å². The molecule has 0 aliphatic heterocycles. The van der Waals surface area contributed by atoms with Crippen LogP contribution >= 0.6 is 0 Å². The van der Waals surface area contributed by atoms with Crippen LogP contribution in [0.4, 0.5) is 0 Å². The maximum Gasteiger partial charge on any atom is 0.121 e. The van der Waals surface area contributed by atoms with Crippen LogP contribution in [0, 0.1) is 12.8 Å². The Hall–Kier alpha value is -1.02. The summed E-state index contributed by atoms with van der Waals surface area (Å²) in [6.45, 7) is 2.02. The molecule has 1 aliphatic carbocycles. The zero-order chi connectivity index (χ0) is 13.0. The van der Waals surface area contributed by atoms with Gasteiger partial charge < -0.3 is 9.84 Å². The van der Waals surface area contributed by atoms with E-state index in [-0.39, 0.29) is 6.10 Å². The maximum atomic E-state index is 10.3. The summed E-state index contributed by atoms with van der Waals surface area (Å²) in [6, 6.07) is 5.99.